The molecule has 0 atom stereocenters. The van der Waals surface area contributed by atoms with E-state index in [1.165, 1.54) is 6.92 Å². The van der Waals surface area contributed by atoms with Gasteiger partial charge in [0.2, 0.25) is 5.91 Å². The Morgan fingerprint density at radius 1 is 1.16 bits per heavy atom. The van der Waals surface area contributed by atoms with Crippen molar-refractivity contribution in [2.75, 3.05) is 5.32 Å². The van der Waals surface area contributed by atoms with Crippen molar-refractivity contribution in [1.29, 1.82) is 0 Å². The summed E-state index contributed by atoms with van der Waals surface area (Å²) in [5, 5.41) is 5.36. The number of amides is 2. The summed E-state index contributed by atoms with van der Waals surface area (Å²) >= 11 is 0. The van der Waals surface area contributed by atoms with E-state index in [1.807, 2.05) is 0 Å². The van der Waals surface area contributed by atoms with Gasteiger partial charge in [-0.05, 0) is 24.3 Å². The van der Waals surface area contributed by atoms with Gasteiger partial charge in [-0.15, -0.1) is 0 Å². The van der Waals surface area contributed by atoms with Crippen LogP contribution < -0.4 is 10.6 Å². The molecule has 0 saturated heterocycles. The molecule has 0 fully saturated rings. The van der Waals surface area contributed by atoms with Gasteiger partial charge >= 0.3 is 0 Å². The summed E-state index contributed by atoms with van der Waals surface area (Å²) in [4.78, 5) is 23.1. The summed E-state index contributed by atoms with van der Waals surface area (Å²) in [7, 11) is 0. The Labute approximate surface area is 110 Å². The summed E-state index contributed by atoms with van der Waals surface area (Å²) in [6.45, 7) is 1.71. The first kappa shape index (κ1) is 12.9. The maximum absolute atomic E-state index is 12.0. The van der Waals surface area contributed by atoms with E-state index in [0.717, 1.165) is 0 Å². The molecule has 0 aliphatic rings. The van der Waals surface area contributed by atoms with Crippen LogP contribution in [0, 0.1) is 0 Å². The van der Waals surface area contributed by atoms with Crippen molar-refractivity contribution in [3.63, 3.8) is 0 Å². The lowest BCUT2D eigenvalue weighted by Gasteiger charge is -2.09. The van der Waals surface area contributed by atoms with Crippen LogP contribution in [-0.4, -0.2) is 11.8 Å². The van der Waals surface area contributed by atoms with Crippen LogP contribution in [0.1, 0.15) is 23.0 Å². The van der Waals surface area contributed by atoms with E-state index in [1.54, 1.807) is 42.7 Å². The van der Waals surface area contributed by atoms with Crippen molar-refractivity contribution in [2.24, 2.45) is 0 Å². The molecule has 2 rings (SSSR count). The summed E-state index contributed by atoms with van der Waals surface area (Å²) in [5.74, 6) is 0.192. The summed E-state index contributed by atoms with van der Waals surface area (Å²) in [5.41, 5.74) is 0.913. The van der Waals surface area contributed by atoms with Crippen LogP contribution in [0.15, 0.2) is 47.1 Å². The zero-order valence-electron chi connectivity index (χ0n) is 10.5. The quantitative estimate of drug-likeness (QED) is 0.882. The fraction of sp³-hybridized carbons (Fsp3) is 0.143. The molecule has 0 unspecified atom stereocenters. The number of para-hydroxylation sites is 1. The Balaban J connectivity index is 2.08. The highest BCUT2D eigenvalue weighted by molar-refractivity contribution is 6.03. The third-order valence-electron chi connectivity index (χ3n) is 2.49. The lowest BCUT2D eigenvalue weighted by molar-refractivity contribution is -0.114. The second kappa shape index (κ2) is 5.86. The van der Waals surface area contributed by atoms with Crippen molar-refractivity contribution in [3.8, 4) is 0 Å². The number of anilines is 1. The van der Waals surface area contributed by atoms with Crippen LogP contribution in [0.3, 0.4) is 0 Å². The third-order valence-corrected chi connectivity index (χ3v) is 2.49. The predicted octanol–water partition coefficient (Wildman–Crippen LogP) is 2.17. The van der Waals surface area contributed by atoms with Gasteiger partial charge in [0.15, 0.2) is 0 Å². The number of nitrogens with one attached hydrogen (secondary N) is 2. The fourth-order valence-electron chi connectivity index (χ4n) is 1.66. The SMILES string of the molecule is CC(=O)Nc1ccccc1C(=O)NCc1ccco1. The van der Waals surface area contributed by atoms with E-state index in [-0.39, 0.29) is 11.8 Å². The number of benzene rings is 1. The number of hydrogen-bond acceptors (Lipinski definition) is 3. The fourth-order valence-corrected chi connectivity index (χ4v) is 1.66. The smallest absolute Gasteiger partial charge is 0.253 e. The van der Waals surface area contributed by atoms with Crippen LogP contribution in [0.25, 0.3) is 0 Å². The predicted molar refractivity (Wildman–Crippen MR) is 70.6 cm³/mol. The highest BCUT2D eigenvalue weighted by Gasteiger charge is 2.11. The van der Waals surface area contributed by atoms with Crippen molar-refractivity contribution in [2.45, 2.75) is 13.5 Å². The molecule has 2 aromatic rings. The highest BCUT2D eigenvalue weighted by atomic mass is 16.3. The largest absolute Gasteiger partial charge is 0.467 e. The number of hydrogen-bond donors (Lipinski definition) is 2. The molecular formula is C14H14N2O3. The minimum absolute atomic E-state index is 0.216. The average molecular weight is 258 g/mol. The van der Waals surface area contributed by atoms with Crippen LogP contribution in [0.2, 0.25) is 0 Å². The molecule has 1 aromatic heterocycles. The average Bonchev–Trinajstić information content (AvgIpc) is 2.89. The molecule has 5 nitrogen and oxygen atoms in total. The number of furan rings is 1. The van der Waals surface area contributed by atoms with Crippen molar-refractivity contribution in [1.82, 2.24) is 5.32 Å². The van der Waals surface area contributed by atoms with Crippen LogP contribution in [0.5, 0.6) is 0 Å². The van der Waals surface area contributed by atoms with Crippen LogP contribution in [-0.2, 0) is 11.3 Å². The van der Waals surface area contributed by atoms with Gasteiger partial charge in [0.25, 0.3) is 5.91 Å². The van der Waals surface area contributed by atoms with Gasteiger partial charge in [0.05, 0.1) is 24.1 Å². The number of carbonyl (C=O) groups is 2. The van der Waals surface area contributed by atoms with Gasteiger partial charge in [0, 0.05) is 6.92 Å². The Bertz CT molecular complexity index is 576. The normalized spacial score (nSPS) is 9.95. The van der Waals surface area contributed by atoms with E-state index in [4.69, 9.17) is 4.42 Å². The van der Waals surface area contributed by atoms with E-state index in [9.17, 15) is 9.59 Å². The molecule has 0 radical (unpaired) electrons. The maximum atomic E-state index is 12.0. The molecule has 1 aromatic carbocycles. The van der Waals surface area contributed by atoms with Crippen LogP contribution in [0.4, 0.5) is 5.69 Å². The zero-order chi connectivity index (χ0) is 13.7. The first-order chi connectivity index (χ1) is 9.16. The minimum atomic E-state index is -0.263. The Hall–Kier alpha value is -2.56. The van der Waals surface area contributed by atoms with Crippen molar-refractivity contribution in [3.05, 3.63) is 54.0 Å². The van der Waals surface area contributed by atoms with Crippen molar-refractivity contribution < 1.29 is 14.0 Å². The van der Waals surface area contributed by atoms with Gasteiger partial charge in [0.1, 0.15) is 5.76 Å². The lowest BCUT2D eigenvalue weighted by atomic mass is 10.1. The highest BCUT2D eigenvalue weighted by Crippen LogP contribution is 2.15. The van der Waals surface area contributed by atoms with E-state index in [0.29, 0.717) is 23.6 Å². The number of carbonyl (C=O) groups excluding carboxylic acids is 2. The first-order valence-corrected chi connectivity index (χ1v) is 5.84. The summed E-state index contributed by atoms with van der Waals surface area (Å²) in [6, 6.07) is 10.4. The minimum Gasteiger partial charge on any atom is -0.467 e. The summed E-state index contributed by atoms with van der Waals surface area (Å²) < 4.78 is 5.13. The second-order valence-corrected chi connectivity index (χ2v) is 3.99. The molecule has 19 heavy (non-hydrogen) atoms. The van der Waals surface area contributed by atoms with Crippen molar-refractivity contribution >= 4 is 17.5 Å². The molecule has 0 aliphatic heterocycles. The Kier molecular flexibility index (Phi) is 3.97. The number of rotatable bonds is 4. The van der Waals surface area contributed by atoms with E-state index < -0.39 is 0 Å². The Morgan fingerprint density at radius 2 is 1.95 bits per heavy atom. The molecule has 0 aliphatic carbocycles. The molecule has 0 saturated carbocycles. The van der Waals surface area contributed by atoms with Gasteiger partial charge < -0.3 is 15.1 Å². The first-order valence-electron chi connectivity index (χ1n) is 5.84. The van der Waals surface area contributed by atoms with E-state index in [2.05, 4.69) is 10.6 Å². The molecule has 98 valence electrons. The molecule has 0 bridgehead atoms. The monoisotopic (exact) mass is 258 g/mol. The van der Waals surface area contributed by atoms with Gasteiger partial charge in [-0.2, -0.15) is 0 Å². The van der Waals surface area contributed by atoms with Gasteiger partial charge in [-0.1, -0.05) is 12.1 Å². The van der Waals surface area contributed by atoms with Crippen LogP contribution >= 0.6 is 0 Å². The molecule has 2 amide bonds. The Morgan fingerprint density at radius 3 is 2.63 bits per heavy atom. The van der Waals surface area contributed by atoms with E-state index >= 15 is 0 Å². The molecule has 0 spiro atoms. The molecular weight excluding hydrogens is 244 g/mol. The molecule has 5 heteroatoms. The molecule has 2 N–H and O–H groups in total. The second-order valence-electron chi connectivity index (χ2n) is 3.99. The van der Waals surface area contributed by atoms with Gasteiger partial charge in [-0.3, -0.25) is 9.59 Å². The van der Waals surface area contributed by atoms with Gasteiger partial charge in [-0.25, -0.2) is 0 Å². The zero-order valence-corrected chi connectivity index (χ0v) is 10.5. The summed E-state index contributed by atoms with van der Waals surface area (Å²) in [6.07, 6.45) is 1.55. The third kappa shape index (κ3) is 3.45. The topological polar surface area (TPSA) is 71.3 Å². The molecule has 1 heterocycles. The lowest BCUT2D eigenvalue weighted by Crippen LogP contribution is -2.24. The maximum Gasteiger partial charge on any atom is 0.253 e. The standard InChI is InChI=1S/C14H14N2O3/c1-10(17)16-13-7-3-2-6-12(13)14(18)15-9-11-5-4-8-19-11/h2-8H,9H2,1H3,(H,15,18)(H,16,17).